The Hall–Kier alpha value is -0.690. The van der Waals surface area contributed by atoms with Crippen molar-refractivity contribution in [3.8, 4) is 6.07 Å². The van der Waals surface area contributed by atoms with E-state index in [4.69, 9.17) is 10.00 Å². The van der Waals surface area contributed by atoms with Crippen LogP contribution in [-0.2, 0) is 9.53 Å². The van der Waals surface area contributed by atoms with Crippen molar-refractivity contribution >= 4 is 17.7 Å². The Bertz CT molecular complexity index is 243. The summed E-state index contributed by atoms with van der Waals surface area (Å²) in [5.74, 6) is 1.19. The number of nitriles is 1. The van der Waals surface area contributed by atoms with Crippen LogP contribution in [0.25, 0.3) is 0 Å². The zero-order valence-electron chi connectivity index (χ0n) is 8.41. The summed E-state index contributed by atoms with van der Waals surface area (Å²) < 4.78 is 4.81. The molecule has 1 saturated carbocycles. The average Bonchev–Trinajstić information content (AvgIpc) is 2.86. The molecule has 1 aliphatic carbocycles. The highest BCUT2D eigenvalue weighted by atomic mass is 32.2. The Morgan fingerprint density at radius 3 is 2.86 bits per heavy atom. The molecule has 0 heterocycles. The summed E-state index contributed by atoms with van der Waals surface area (Å²) in [4.78, 5) is 11.0. The molecule has 0 atom stereocenters. The van der Waals surface area contributed by atoms with Crippen LogP contribution in [0.15, 0.2) is 0 Å². The Kier molecular flexibility index (Phi) is 4.27. The molecule has 0 unspecified atom stereocenters. The van der Waals surface area contributed by atoms with Crippen LogP contribution in [0.2, 0.25) is 0 Å². The second-order valence-electron chi connectivity index (χ2n) is 3.63. The second kappa shape index (κ2) is 5.26. The summed E-state index contributed by atoms with van der Waals surface area (Å²) in [7, 11) is 0. The fourth-order valence-corrected chi connectivity index (χ4v) is 2.45. The molecule has 1 fully saturated rings. The molecule has 0 aromatic heterocycles. The van der Waals surface area contributed by atoms with Crippen molar-refractivity contribution in [2.24, 2.45) is 5.41 Å². The number of thioether (sulfide) groups is 1. The van der Waals surface area contributed by atoms with Gasteiger partial charge in [-0.05, 0) is 25.2 Å². The minimum atomic E-state index is -0.148. The summed E-state index contributed by atoms with van der Waals surface area (Å²) in [6, 6.07) is 2.20. The highest BCUT2D eigenvalue weighted by Crippen LogP contribution is 2.50. The van der Waals surface area contributed by atoms with E-state index in [9.17, 15) is 4.79 Å². The van der Waals surface area contributed by atoms with Crippen molar-refractivity contribution < 1.29 is 9.53 Å². The van der Waals surface area contributed by atoms with Gasteiger partial charge in [0, 0.05) is 12.2 Å². The minimum Gasteiger partial charge on any atom is -0.465 e. The third kappa shape index (κ3) is 3.59. The first kappa shape index (κ1) is 11.4. The van der Waals surface area contributed by atoms with E-state index in [-0.39, 0.29) is 11.4 Å². The van der Waals surface area contributed by atoms with E-state index in [2.05, 4.69) is 6.07 Å². The fraction of sp³-hybridized carbons (Fsp3) is 0.800. The third-order valence-corrected chi connectivity index (χ3v) is 3.60. The van der Waals surface area contributed by atoms with Crippen LogP contribution in [0.5, 0.6) is 0 Å². The fourth-order valence-electron chi connectivity index (χ4n) is 1.27. The molecule has 4 heteroatoms. The molecule has 0 spiro atoms. The number of carbonyl (C=O) groups excluding carboxylic acids is 1. The van der Waals surface area contributed by atoms with Gasteiger partial charge in [-0.3, -0.25) is 4.79 Å². The largest absolute Gasteiger partial charge is 0.465 e. The van der Waals surface area contributed by atoms with E-state index in [1.54, 1.807) is 18.7 Å². The number of ether oxygens (including phenoxy) is 1. The van der Waals surface area contributed by atoms with Gasteiger partial charge < -0.3 is 4.74 Å². The summed E-state index contributed by atoms with van der Waals surface area (Å²) in [6.45, 7) is 2.25. The maximum absolute atomic E-state index is 11.0. The lowest BCUT2D eigenvalue weighted by Crippen LogP contribution is -2.10. The normalized spacial score (nSPS) is 17.1. The van der Waals surface area contributed by atoms with Crippen molar-refractivity contribution in [3.63, 3.8) is 0 Å². The molecular formula is C10H15NO2S. The molecule has 0 bridgehead atoms. The van der Waals surface area contributed by atoms with Gasteiger partial charge >= 0.3 is 5.97 Å². The van der Waals surface area contributed by atoms with Gasteiger partial charge in [-0.25, -0.2) is 0 Å². The van der Waals surface area contributed by atoms with Crippen LogP contribution in [0, 0.1) is 16.7 Å². The lowest BCUT2D eigenvalue weighted by molar-refractivity contribution is -0.139. The van der Waals surface area contributed by atoms with Crippen LogP contribution in [0.4, 0.5) is 0 Å². The first-order valence-corrected chi connectivity index (χ1v) is 5.98. The van der Waals surface area contributed by atoms with Crippen molar-refractivity contribution in [2.75, 3.05) is 18.1 Å². The van der Waals surface area contributed by atoms with Gasteiger partial charge in [0.15, 0.2) is 0 Å². The van der Waals surface area contributed by atoms with E-state index >= 15 is 0 Å². The van der Waals surface area contributed by atoms with Crippen LogP contribution < -0.4 is 0 Å². The summed E-state index contributed by atoms with van der Waals surface area (Å²) in [6.07, 6.45) is 2.90. The van der Waals surface area contributed by atoms with Crippen LogP contribution in [-0.4, -0.2) is 24.1 Å². The molecule has 0 amide bonds. The number of nitrogens with zero attached hydrogens (tertiary/aromatic N) is 1. The maximum atomic E-state index is 11.0. The summed E-state index contributed by atoms with van der Waals surface area (Å²) in [5.41, 5.74) is 0.228. The Labute approximate surface area is 88.8 Å². The topological polar surface area (TPSA) is 50.1 Å². The van der Waals surface area contributed by atoms with Crippen molar-refractivity contribution in [2.45, 2.75) is 26.2 Å². The van der Waals surface area contributed by atoms with Crippen molar-refractivity contribution in [1.82, 2.24) is 0 Å². The molecule has 78 valence electrons. The molecule has 0 aromatic rings. The number of hydrogen-bond acceptors (Lipinski definition) is 4. The molecule has 0 N–H and O–H groups in total. The zero-order chi connectivity index (χ0) is 10.4. The second-order valence-corrected chi connectivity index (χ2v) is 4.62. The Morgan fingerprint density at radius 2 is 2.36 bits per heavy atom. The van der Waals surface area contributed by atoms with E-state index in [0.717, 1.165) is 18.6 Å². The van der Waals surface area contributed by atoms with E-state index in [1.165, 1.54) is 0 Å². The Balaban J connectivity index is 2.10. The first-order valence-electron chi connectivity index (χ1n) is 4.83. The van der Waals surface area contributed by atoms with E-state index < -0.39 is 0 Å². The van der Waals surface area contributed by atoms with Gasteiger partial charge in [-0.1, -0.05) is 0 Å². The smallest absolute Gasteiger partial charge is 0.315 e. The monoisotopic (exact) mass is 213 g/mol. The van der Waals surface area contributed by atoms with Gasteiger partial charge in [0.2, 0.25) is 0 Å². The number of carbonyl (C=O) groups is 1. The molecule has 0 aliphatic heterocycles. The number of hydrogen-bond donors (Lipinski definition) is 0. The van der Waals surface area contributed by atoms with E-state index in [1.807, 2.05) is 0 Å². The predicted molar refractivity (Wildman–Crippen MR) is 55.9 cm³/mol. The van der Waals surface area contributed by atoms with Crippen LogP contribution in [0.1, 0.15) is 26.2 Å². The van der Waals surface area contributed by atoms with Gasteiger partial charge in [-0.15, -0.1) is 11.8 Å². The quantitative estimate of drug-likeness (QED) is 0.633. The standard InChI is InChI=1S/C10H15NO2S/c1-2-13-9(12)7-14-8-10(3-4-10)5-6-11/h2-5,7-8H2,1H3. The van der Waals surface area contributed by atoms with Crippen molar-refractivity contribution in [3.05, 3.63) is 0 Å². The van der Waals surface area contributed by atoms with E-state index in [0.29, 0.717) is 18.8 Å². The number of esters is 1. The van der Waals surface area contributed by atoms with Crippen molar-refractivity contribution in [1.29, 1.82) is 5.26 Å². The highest BCUT2D eigenvalue weighted by Gasteiger charge is 2.42. The molecule has 3 nitrogen and oxygen atoms in total. The molecule has 0 saturated heterocycles. The van der Waals surface area contributed by atoms with Gasteiger partial charge in [-0.2, -0.15) is 5.26 Å². The zero-order valence-corrected chi connectivity index (χ0v) is 9.23. The molecule has 0 radical (unpaired) electrons. The van der Waals surface area contributed by atoms with Gasteiger partial charge in [0.1, 0.15) is 0 Å². The highest BCUT2D eigenvalue weighted by molar-refractivity contribution is 7.99. The third-order valence-electron chi connectivity index (χ3n) is 2.34. The summed E-state index contributed by atoms with van der Waals surface area (Å²) >= 11 is 1.59. The maximum Gasteiger partial charge on any atom is 0.315 e. The lowest BCUT2D eigenvalue weighted by atomic mass is 10.1. The molecule has 14 heavy (non-hydrogen) atoms. The predicted octanol–water partition coefficient (Wildman–Crippen LogP) is 1.98. The number of rotatable bonds is 6. The lowest BCUT2D eigenvalue weighted by Gasteiger charge is -2.09. The van der Waals surface area contributed by atoms with Crippen LogP contribution >= 0.6 is 11.8 Å². The van der Waals surface area contributed by atoms with Gasteiger partial charge in [0.05, 0.1) is 18.4 Å². The summed E-state index contributed by atoms with van der Waals surface area (Å²) in [5, 5.41) is 8.58. The molecule has 1 rings (SSSR count). The van der Waals surface area contributed by atoms with Gasteiger partial charge in [0.25, 0.3) is 0 Å². The Morgan fingerprint density at radius 1 is 1.64 bits per heavy atom. The minimum absolute atomic E-state index is 0.148. The molecular weight excluding hydrogens is 198 g/mol. The molecule has 0 aromatic carbocycles. The SMILES string of the molecule is CCOC(=O)CSCC1(CC#N)CC1. The average molecular weight is 213 g/mol. The first-order chi connectivity index (χ1) is 6.72. The molecule has 1 aliphatic rings. The van der Waals surface area contributed by atoms with Crippen LogP contribution in [0.3, 0.4) is 0 Å².